The molecular weight excluding hydrogens is 339 g/mol. The van der Waals surface area contributed by atoms with Crippen molar-refractivity contribution in [3.63, 3.8) is 0 Å². The molecule has 22 heavy (non-hydrogen) atoms. The van der Waals surface area contributed by atoms with E-state index in [0.29, 0.717) is 5.02 Å². The summed E-state index contributed by atoms with van der Waals surface area (Å²) < 4.78 is 0. The summed E-state index contributed by atoms with van der Waals surface area (Å²) in [6.07, 6.45) is 3.28. The summed E-state index contributed by atoms with van der Waals surface area (Å²) in [4.78, 5) is 13.6. The maximum absolute atomic E-state index is 12.5. The second-order valence-corrected chi connectivity index (χ2v) is 7.67. The fraction of sp³-hybridized carbons (Fsp3) is 0.562. The lowest BCUT2D eigenvalue weighted by Crippen LogP contribution is -2.31. The maximum Gasteiger partial charge on any atom is 0.228 e. The van der Waals surface area contributed by atoms with Crippen molar-refractivity contribution in [1.82, 2.24) is 5.32 Å². The first kappa shape index (κ1) is 17.9. The molecule has 0 bridgehead atoms. The van der Waals surface area contributed by atoms with E-state index in [1.54, 1.807) is 11.8 Å². The number of rotatable bonds is 4. The number of carbonyl (C=O) groups is 1. The zero-order valence-corrected chi connectivity index (χ0v) is 15.0. The highest BCUT2D eigenvalue weighted by Gasteiger charge is 2.57. The van der Waals surface area contributed by atoms with Crippen LogP contribution in [0.15, 0.2) is 23.1 Å². The van der Waals surface area contributed by atoms with E-state index in [4.69, 9.17) is 11.6 Å². The standard InChI is InChI=1S/C16H21ClN2OS.ClH/c1-2-21-14-4-3-11(17)9-13(14)19-15(20)12-10-16(12)5-7-18-8-6-16;/h3-4,9,12,18H,2,5-8,10H2,1H3,(H,19,20);1H. The Morgan fingerprint density at radius 3 is 2.86 bits per heavy atom. The highest BCUT2D eigenvalue weighted by molar-refractivity contribution is 7.99. The van der Waals surface area contributed by atoms with Crippen LogP contribution < -0.4 is 10.6 Å². The number of thioether (sulfide) groups is 1. The summed E-state index contributed by atoms with van der Waals surface area (Å²) in [6.45, 7) is 4.19. The van der Waals surface area contributed by atoms with Gasteiger partial charge in [-0.15, -0.1) is 24.2 Å². The SMILES string of the molecule is CCSc1ccc(Cl)cc1NC(=O)C1CC12CCNCC2.Cl. The summed E-state index contributed by atoms with van der Waals surface area (Å²) in [7, 11) is 0. The van der Waals surface area contributed by atoms with Crippen LogP contribution in [0.1, 0.15) is 26.2 Å². The van der Waals surface area contributed by atoms with Crippen molar-refractivity contribution < 1.29 is 4.79 Å². The Hall–Kier alpha value is -0.420. The summed E-state index contributed by atoms with van der Waals surface area (Å²) in [5.74, 6) is 1.32. The van der Waals surface area contributed by atoms with Crippen LogP contribution in [0.4, 0.5) is 5.69 Å². The predicted molar refractivity (Wildman–Crippen MR) is 96.4 cm³/mol. The topological polar surface area (TPSA) is 41.1 Å². The Morgan fingerprint density at radius 1 is 1.45 bits per heavy atom. The first-order valence-electron chi connectivity index (χ1n) is 7.58. The number of benzene rings is 1. The molecule has 1 aliphatic heterocycles. The van der Waals surface area contributed by atoms with E-state index in [0.717, 1.165) is 48.7 Å². The number of halogens is 2. The minimum Gasteiger partial charge on any atom is -0.325 e. The molecule has 1 aromatic carbocycles. The summed E-state index contributed by atoms with van der Waals surface area (Å²) in [6, 6.07) is 5.72. The van der Waals surface area contributed by atoms with Crippen LogP contribution >= 0.6 is 35.8 Å². The van der Waals surface area contributed by atoms with Gasteiger partial charge in [-0.25, -0.2) is 0 Å². The van der Waals surface area contributed by atoms with E-state index in [-0.39, 0.29) is 29.6 Å². The quantitative estimate of drug-likeness (QED) is 0.790. The largest absolute Gasteiger partial charge is 0.325 e. The number of hydrogen-bond donors (Lipinski definition) is 2. The Bertz CT molecular complexity index is 547. The molecule has 1 heterocycles. The number of anilines is 1. The second-order valence-electron chi connectivity index (χ2n) is 5.93. The molecule has 2 N–H and O–H groups in total. The third kappa shape index (κ3) is 3.73. The van der Waals surface area contributed by atoms with Crippen molar-refractivity contribution in [2.75, 3.05) is 24.2 Å². The average Bonchev–Trinajstić information content (AvgIpc) is 3.16. The van der Waals surface area contributed by atoms with Gasteiger partial charge in [-0.1, -0.05) is 18.5 Å². The molecule has 122 valence electrons. The molecule has 6 heteroatoms. The first-order valence-corrected chi connectivity index (χ1v) is 8.95. The summed E-state index contributed by atoms with van der Waals surface area (Å²) >= 11 is 7.80. The molecule has 1 saturated heterocycles. The van der Waals surface area contributed by atoms with Crippen LogP contribution in [0.5, 0.6) is 0 Å². The molecule has 0 aromatic heterocycles. The van der Waals surface area contributed by atoms with Gasteiger partial charge in [-0.05, 0) is 61.7 Å². The third-order valence-electron chi connectivity index (χ3n) is 4.60. The van der Waals surface area contributed by atoms with Crippen molar-refractivity contribution in [2.24, 2.45) is 11.3 Å². The Labute approximate surface area is 147 Å². The van der Waals surface area contributed by atoms with Gasteiger partial charge in [0, 0.05) is 15.8 Å². The van der Waals surface area contributed by atoms with Gasteiger partial charge in [0.25, 0.3) is 0 Å². The van der Waals surface area contributed by atoms with Crippen LogP contribution in [0.2, 0.25) is 5.02 Å². The maximum atomic E-state index is 12.5. The number of carbonyl (C=O) groups excluding carboxylic acids is 1. The lowest BCUT2D eigenvalue weighted by Gasteiger charge is -2.23. The lowest BCUT2D eigenvalue weighted by molar-refractivity contribution is -0.118. The number of hydrogen-bond acceptors (Lipinski definition) is 3. The molecule has 3 rings (SSSR count). The smallest absolute Gasteiger partial charge is 0.228 e. The molecule has 1 aromatic rings. The normalized spacial score (nSPS) is 22.0. The van der Waals surface area contributed by atoms with E-state index < -0.39 is 0 Å². The molecule has 1 unspecified atom stereocenters. The fourth-order valence-corrected chi connectivity index (χ4v) is 4.21. The Kier molecular flexibility index (Phi) is 6.06. The summed E-state index contributed by atoms with van der Waals surface area (Å²) in [5.41, 5.74) is 1.13. The zero-order chi connectivity index (χ0) is 14.9. The van der Waals surface area contributed by atoms with Crippen LogP contribution in [0, 0.1) is 11.3 Å². The lowest BCUT2D eigenvalue weighted by atomic mass is 9.92. The molecule has 2 aliphatic rings. The highest BCUT2D eigenvalue weighted by Crippen LogP contribution is 2.58. The second kappa shape index (κ2) is 7.43. The van der Waals surface area contributed by atoms with Crippen LogP contribution in [-0.4, -0.2) is 24.7 Å². The van der Waals surface area contributed by atoms with Gasteiger partial charge in [0.05, 0.1) is 5.69 Å². The van der Waals surface area contributed by atoms with Crippen molar-refractivity contribution in [2.45, 2.75) is 31.1 Å². The van der Waals surface area contributed by atoms with E-state index in [2.05, 4.69) is 17.6 Å². The number of piperidine rings is 1. The van der Waals surface area contributed by atoms with Gasteiger partial charge in [0.2, 0.25) is 5.91 Å². The molecular formula is C16H22Cl2N2OS. The number of nitrogens with one attached hydrogen (secondary N) is 2. The highest BCUT2D eigenvalue weighted by atomic mass is 35.5. The minimum atomic E-state index is 0. The van der Waals surface area contributed by atoms with Crippen molar-refractivity contribution in [3.8, 4) is 0 Å². The molecule has 0 radical (unpaired) electrons. The molecule has 2 fully saturated rings. The molecule has 1 saturated carbocycles. The van der Waals surface area contributed by atoms with Crippen molar-refractivity contribution in [1.29, 1.82) is 0 Å². The van der Waals surface area contributed by atoms with Crippen molar-refractivity contribution in [3.05, 3.63) is 23.2 Å². The van der Waals surface area contributed by atoms with Gasteiger partial charge in [-0.2, -0.15) is 0 Å². The van der Waals surface area contributed by atoms with E-state index in [1.807, 2.05) is 18.2 Å². The van der Waals surface area contributed by atoms with Gasteiger partial charge in [0.1, 0.15) is 0 Å². The summed E-state index contributed by atoms with van der Waals surface area (Å²) in [5, 5.41) is 7.14. The van der Waals surface area contributed by atoms with Gasteiger partial charge in [0.15, 0.2) is 0 Å². The zero-order valence-electron chi connectivity index (χ0n) is 12.7. The fourth-order valence-electron chi connectivity index (χ4n) is 3.30. The molecule has 1 atom stereocenters. The predicted octanol–water partition coefficient (Wildman–Crippen LogP) is 4.20. The van der Waals surface area contributed by atoms with Crippen LogP contribution in [-0.2, 0) is 4.79 Å². The minimum absolute atomic E-state index is 0. The molecule has 1 aliphatic carbocycles. The van der Waals surface area contributed by atoms with E-state index in [9.17, 15) is 4.79 Å². The number of amides is 1. The van der Waals surface area contributed by atoms with Gasteiger partial charge in [-0.3, -0.25) is 4.79 Å². The molecule has 1 spiro atoms. The van der Waals surface area contributed by atoms with Crippen LogP contribution in [0.3, 0.4) is 0 Å². The van der Waals surface area contributed by atoms with Gasteiger partial charge < -0.3 is 10.6 Å². The molecule has 1 amide bonds. The molecule has 3 nitrogen and oxygen atoms in total. The van der Waals surface area contributed by atoms with Crippen LogP contribution in [0.25, 0.3) is 0 Å². The average molecular weight is 361 g/mol. The van der Waals surface area contributed by atoms with E-state index >= 15 is 0 Å². The Morgan fingerprint density at radius 2 is 2.18 bits per heavy atom. The van der Waals surface area contributed by atoms with Gasteiger partial charge >= 0.3 is 0 Å². The van der Waals surface area contributed by atoms with E-state index in [1.165, 1.54) is 0 Å². The first-order chi connectivity index (χ1) is 10.1. The van der Waals surface area contributed by atoms with Crippen molar-refractivity contribution >= 4 is 47.4 Å². The Balaban J connectivity index is 0.00000176. The monoisotopic (exact) mass is 360 g/mol. The third-order valence-corrected chi connectivity index (χ3v) is 5.80.